The average molecular weight is 305 g/mol. The molecule has 0 unspecified atom stereocenters. The lowest BCUT2D eigenvalue weighted by Gasteiger charge is -2.18. The first kappa shape index (κ1) is 15.7. The number of hydrogen-bond acceptors (Lipinski definition) is 3. The molecule has 0 radical (unpaired) electrons. The zero-order valence-electron chi connectivity index (χ0n) is 12.2. The lowest BCUT2D eigenvalue weighted by Crippen LogP contribution is -2.44. The number of nitrogens with zero attached hydrogens (tertiary/aromatic N) is 2. The van der Waals surface area contributed by atoms with Crippen molar-refractivity contribution in [3.8, 4) is 0 Å². The van der Waals surface area contributed by atoms with Crippen LogP contribution in [0.4, 0.5) is 0 Å². The van der Waals surface area contributed by atoms with Crippen molar-refractivity contribution in [3.63, 3.8) is 0 Å². The Hall–Kier alpha value is -1.69. The minimum absolute atomic E-state index is 0.351. The fraction of sp³-hybridized carbons (Fsp3) is 0.533. The monoisotopic (exact) mass is 305 g/mol. The normalized spacial score (nSPS) is 16.5. The number of hydrogen-bond donors (Lipinski definition) is 3. The molecule has 1 aromatic rings. The van der Waals surface area contributed by atoms with E-state index in [1.165, 1.54) is 24.8 Å². The van der Waals surface area contributed by atoms with Crippen LogP contribution in [-0.2, 0) is 6.42 Å². The van der Waals surface area contributed by atoms with Gasteiger partial charge < -0.3 is 16.4 Å². The smallest absolute Gasteiger partial charge is 0.195 e. The summed E-state index contributed by atoms with van der Waals surface area (Å²) in [6.45, 7) is 0.744. The van der Waals surface area contributed by atoms with E-state index in [4.69, 9.17) is 18.0 Å². The van der Waals surface area contributed by atoms with E-state index in [-0.39, 0.29) is 0 Å². The minimum Gasteiger partial charge on any atom is -0.370 e. The van der Waals surface area contributed by atoms with E-state index in [1.54, 1.807) is 6.20 Å². The molecule has 21 heavy (non-hydrogen) atoms. The first-order valence-electron chi connectivity index (χ1n) is 7.51. The fourth-order valence-electron chi connectivity index (χ4n) is 2.47. The number of nitrogens with one attached hydrogen (secondary N) is 2. The third-order valence-electron chi connectivity index (χ3n) is 3.56. The van der Waals surface area contributed by atoms with E-state index < -0.39 is 0 Å². The van der Waals surface area contributed by atoms with Crippen LogP contribution in [0.1, 0.15) is 37.7 Å². The first-order chi connectivity index (χ1) is 10.2. The van der Waals surface area contributed by atoms with Gasteiger partial charge in [0.15, 0.2) is 11.1 Å². The third-order valence-corrected chi connectivity index (χ3v) is 3.81. The Morgan fingerprint density at radius 3 is 2.90 bits per heavy atom. The molecular weight excluding hydrogens is 282 g/mol. The minimum atomic E-state index is 0.351. The van der Waals surface area contributed by atoms with Crippen molar-refractivity contribution in [2.45, 2.75) is 44.6 Å². The molecule has 4 N–H and O–H groups in total. The van der Waals surface area contributed by atoms with Crippen LogP contribution in [0.25, 0.3) is 0 Å². The first-order valence-corrected chi connectivity index (χ1v) is 7.92. The van der Waals surface area contributed by atoms with E-state index in [9.17, 15) is 0 Å². The molecule has 6 heteroatoms. The lowest BCUT2D eigenvalue weighted by molar-refractivity contribution is 0.442. The summed E-state index contributed by atoms with van der Waals surface area (Å²) in [5, 5.41) is 6.60. The molecule has 114 valence electrons. The molecular formula is C15H23N5S. The Labute approximate surface area is 131 Å². The highest BCUT2D eigenvalue weighted by atomic mass is 32.1. The van der Waals surface area contributed by atoms with Gasteiger partial charge in [0.1, 0.15) is 0 Å². The third kappa shape index (κ3) is 6.08. The lowest BCUT2D eigenvalue weighted by atomic mass is 9.96. The second-order valence-corrected chi connectivity index (χ2v) is 5.71. The van der Waals surface area contributed by atoms with Crippen molar-refractivity contribution in [1.29, 1.82) is 0 Å². The van der Waals surface area contributed by atoms with Crippen LogP contribution in [0.15, 0.2) is 29.5 Å². The van der Waals surface area contributed by atoms with Crippen LogP contribution in [0.2, 0.25) is 0 Å². The van der Waals surface area contributed by atoms with E-state index in [1.807, 2.05) is 18.3 Å². The van der Waals surface area contributed by atoms with Gasteiger partial charge in [-0.1, -0.05) is 25.3 Å². The Kier molecular flexibility index (Phi) is 6.40. The van der Waals surface area contributed by atoms with Gasteiger partial charge >= 0.3 is 0 Å². The molecule has 1 aromatic heterocycles. The SMILES string of the molecule is NC(=NC1CCCCC1)NC(=S)NCCc1cccnc1. The number of aromatic nitrogens is 1. The zero-order valence-corrected chi connectivity index (χ0v) is 13.0. The van der Waals surface area contributed by atoms with Gasteiger partial charge in [0, 0.05) is 18.9 Å². The molecule has 0 atom stereocenters. The van der Waals surface area contributed by atoms with E-state index >= 15 is 0 Å². The van der Waals surface area contributed by atoms with Gasteiger partial charge in [-0.15, -0.1) is 0 Å². The maximum absolute atomic E-state index is 5.89. The maximum Gasteiger partial charge on any atom is 0.195 e. The van der Waals surface area contributed by atoms with Gasteiger partial charge in [-0.3, -0.25) is 4.98 Å². The topological polar surface area (TPSA) is 75.3 Å². The van der Waals surface area contributed by atoms with Crippen LogP contribution in [0.5, 0.6) is 0 Å². The van der Waals surface area contributed by atoms with Gasteiger partial charge in [-0.05, 0) is 43.1 Å². The number of nitrogens with two attached hydrogens (primary N) is 1. The number of rotatable bonds is 4. The molecule has 0 aliphatic heterocycles. The van der Waals surface area contributed by atoms with Crippen molar-refractivity contribution in [2.24, 2.45) is 10.7 Å². The van der Waals surface area contributed by atoms with Crippen molar-refractivity contribution in [3.05, 3.63) is 30.1 Å². The van der Waals surface area contributed by atoms with Crippen LogP contribution in [0.3, 0.4) is 0 Å². The highest BCUT2D eigenvalue weighted by molar-refractivity contribution is 7.80. The van der Waals surface area contributed by atoms with Crippen LogP contribution in [0, 0.1) is 0 Å². The van der Waals surface area contributed by atoms with E-state index in [2.05, 4.69) is 20.6 Å². The average Bonchev–Trinajstić information content (AvgIpc) is 2.49. The number of thiocarbonyl (C=S) groups is 1. The molecule has 1 heterocycles. The number of guanidine groups is 1. The number of aliphatic imine (C=N–C) groups is 1. The quantitative estimate of drug-likeness (QED) is 0.449. The summed E-state index contributed by atoms with van der Waals surface area (Å²) in [7, 11) is 0. The van der Waals surface area contributed by atoms with Gasteiger partial charge in [-0.25, -0.2) is 4.99 Å². The molecule has 1 saturated carbocycles. The molecule has 0 amide bonds. The van der Waals surface area contributed by atoms with Crippen molar-refractivity contribution in [2.75, 3.05) is 6.54 Å². The molecule has 2 rings (SSSR count). The summed E-state index contributed by atoms with van der Waals surface area (Å²) < 4.78 is 0. The number of pyridine rings is 1. The molecule has 0 spiro atoms. The Morgan fingerprint density at radius 1 is 1.38 bits per heavy atom. The molecule has 1 aliphatic carbocycles. The van der Waals surface area contributed by atoms with Crippen molar-refractivity contribution < 1.29 is 0 Å². The Morgan fingerprint density at radius 2 is 2.19 bits per heavy atom. The summed E-state index contributed by atoms with van der Waals surface area (Å²) in [6, 6.07) is 4.33. The highest BCUT2D eigenvalue weighted by Gasteiger charge is 2.12. The summed E-state index contributed by atoms with van der Waals surface area (Å²) in [5.41, 5.74) is 7.07. The Bertz CT molecular complexity index is 468. The van der Waals surface area contributed by atoms with Crippen molar-refractivity contribution in [1.82, 2.24) is 15.6 Å². The predicted molar refractivity (Wildman–Crippen MR) is 90.2 cm³/mol. The molecule has 1 fully saturated rings. The standard InChI is InChI=1S/C15H23N5S/c16-14(19-13-6-2-1-3-7-13)20-15(21)18-10-8-12-5-4-9-17-11-12/h4-5,9,11,13H,1-3,6-8,10H2,(H4,16,18,19,20,21). The highest BCUT2D eigenvalue weighted by Crippen LogP contribution is 2.19. The second kappa shape index (κ2) is 8.56. The molecule has 5 nitrogen and oxygen atoms in total. The maximum atomic E-state index is 5.89. The molecule has 0 aromatic carbocycles. The van der Waals surface area contributed by atoms with E-state index in [0.717, 1.165) is 25.8 Å². The summed E-state index contributed by atoms with van der Waals surface area (Å²) in [6.07, 6.45) is 10.6. The van der Waals surface area contributed by atoms with Gasteiger partial charge in [0.2, 0.25) is 0 Å². The summed E-state index contributed by atoms with van der Waals surface area (Å²) >= 11 is 5.21. The summed E-state index contributed by atoms with van der Waals surface area (Å²) in [4.78, 5) is 8.57. The fourth-order valence-corrected chi connectivity index (χ4v) is 2.67. The van der Waals surface area contributed by atoms with Crippen LogP contribution >= 0.6 is 12.2 Å². The van der Waals surface area contributed by atoms with Crippen molar-refractivity contribution >= 4 is 23.3 Å². The van der Waals surface area contributed by atoms with Gasteiger partial charge in [-0.2, -0.15) is 0 Å². The molecule has 1 aliphatic rings. The molecule has 0 bridgehead atoms. The van der Waals surface area contributed by atoms with Gasteiger partial charge in [0.25, 0.3) is 0 Å². The van der Waals surface area contributed by atoms with Gasteiger partial charge in [0.05, 0.1) is 6.04 Å². The second-order valence-electron chi connectivity index (χ2n) is 5.30. The summed E-state index contributed by atoms with van der Waals surface area (Å²) in [5.74, 6) is 0.417. The predicted octanol–water partition coefficient (Wildman–Crippen LogP) is 1.74. The molecule has 0 saturated heterocycles. The van der Waals surface area contributed by atoms with E-state index in [0.29, 0.717) is 17.1 Å². The largest absolute Gasteiger partial charge is 0.370 e. The Balaban J connectivity index is 1.67. The van der Waals surface area contributed by atoms with Crippen LogP contribution in [-0.4, -0.2) is 28.6 Å². The zero-order chi connectivity index (χ0) is 14.9. The van der Waals surface area contributed by atoms with Crippen LogP contribution < -0.4 is 16.4 Å².